The average Bonchev–Trinajstić information content (AvgIpc) is 3.60. The highest BCUT2D eigenvalue weighted by Gasteiger charge is 2.56. The first-order valence-corrected chi connectivity index (χ1v) is 13.2. The van der Waals surface area contributed by atoms with E-state index in [4.69, 9.17) is 23.7 Å². The minimum absolute atomic E-state index is 0.116. The van der Waals surface area contributed by atoms with Crippen LogP contribution < -0.4 is 10.1 Å². The van der Waals surface area contributed by atoms with Gasteiger partial charge in [-0.3, -0.25) is 9.36 Å². The summed E-state index contributed by atoms with van der Waals surface area (Å²) in [6, 6.07) is 7.85. The maximum Gasteiger partial charge on any atom is 0.407 e. The topological polar surface area (TPSA) is 145 Å². The quantitative estimate of drug-likeness (QED) is 0.233. The average molecular weight is 560 g/mol. The molecule has 2 fully saturated rings. The molecule has 2 aliphatic heterocycles. The number of amides is 1. The fraction of sp³-hybridized carbons (Fsp3) is 0.480. The molecule has 4 heterocycles. The van der Waals surface area contributed by atoms with E-state index in [1.165, 1.54) is 13.4 Å². The second kappa shape index (κ2) is 11.3. The number of alkyl carbamates (subject to hydrolysis) is 1. The lowest BCUT2D eigenvalue weighted by atomic mass is 10.1. The van der Waals surface area contributed by atoms with Crippen molar-refractivity contribution in [2.45, 2.75) is 55.0 Å². The Morgan fingerprint density at radius 1 is 1.10 bits per heavy atom. The fourth-order valence-electron chi connectivity index (χ4n) is 4.44. The van der Waals surface area contributed by atoms with Crippen LogP contribution in [0.3, 0.4) is 0 Å². The Bertz CT molecular complexity index is 1330. The molecule has 2 aromatic heterocycles. The molecule has 0 aliphatic carbocycles. The Morgan fingerprint density at radius 2 is 1.87 bits per heavy atom. The first-order chi connectivity index (χ1) is 18.8. The third-order valence-electron chi connectivity index (χ3n) is 6.24. The van der Waals surface area contributed by atoms with E-state index < -0.39 is 42.4 Å². The number of nitrogens with zero attached hydrogens (tertiary/aromatic N) is 4. The highest BCUT2D eigenvalue weighted by atomic mass is 32.2. The number of imidazole rings is 1. The summed E-state index contributed by atoms with van der Waals surface area (Å²) in [5.41, 5.74) is 2.33. The van der Waals surface area contributed by atoms with Gasteiger partial charge in [-0.25, -0.2) is 19.7 Å². The summed E-state index contributed by atoms with van der Waals surface area (Å²) >= 11 is 1.55. The van der Waals surface area contributed by atoms with E-state index in [2.05, 4.69) is 25.0 Å². The molecule has 0 bridgehead atoms. The van der Waals surface area contributed by atoms with Crippen molar-refractivity contribution in [1.82, 2.24) is 24.8 Å². The van der Waals surface area contributed by atoms with Crippen LogP contribution in [-0.4, -0.2) is 83.1 Å². The summed E-state index contributed by atoms with van der Waals surface area (Å²) in [6.45, 7) is 3.20. The van der Waals surface area contributed by atoms with Gasteiger partial charge in [0.2, 0.25) is 0 Å². The molecule has 14 heteroatoms. The SMILES string of the molecule is COC(=O)CNC(=O)OC[C@H]1O[C@@H](n2cnc3c(SCc4ccc(OC)cc4)ncnc32)C2OC(C)(C)OC21. The van der Waals surface area contributed by atoms with E-state index in [1.807, 2.05) is 38.1 Å². The van der Waals surface area contributed by atoms with Gasteiger partial charge in [-0.15, -0.1) is 0 Å². The number of hydrogen-bond acceptors (Lipinski definition) is 12. The van der Waals surface area contributed by atoms with Crippen molar-refractivity contribution in [3.8, 4) is 5.75 Å². The Balaban J connectivity index is 1.31. The molecule has 4 atom stereocenters. The molecule has 39 heavy (non-hydrogen) atoms. The van der Waals surface area contributed by atoms with E-state index in [0.29, 0.717) is 16.9 Å². The molecule has 5 rings (SSSR count). The van der Waals surface area contributed by atoms with E-state index in [-0.39, 0.29) is 13.2 Å². The molecule has 1 N–H and O–H groups in total. The molecule has 0 saturated carbocycles. The molecule has 0 radical (unpaired) electrons. The maximum atomic E-state index is 12.0. The zero-order valence-electron chi connectivity index (χ0n) is 21.9. The van der Waals surface area contributed by atoms with Gasteiger partial charge in [0, 0.05) is 5.75 Å². The summed E-state index contributed by atoms with van der Waals surface area (Å²) < 4.78 is 35.3. The van der Waals surface area contributed by atoms with Crippen molar-refractivity contribution in [2.75, 3.05) is 27.4 Å². The minimum Gasteiger partial charge on any atom is -0.497 e. The molecule has 2 saturated heterocycles. The van der Waals surface area contributed by atoms with E-state index in [9.17, 15) is 9.59 Å². The van der Waals surface area contributed by atoms with Crippen LogP contribution in [0.15, 0.2) is 41.9 Å². The van der Waals surface area contributed by atoms with Gasteiger partial charge in [-0.05, 0) is 31.5 Å². The number of hydrogen-bond donors (Lipinski definition) is 1. The number of fused-ring (bicyclic) bond motifs is 2. The first kappa shape index (κ1) is 27.1. The van der Waals surface area contributed by atoms with Gasteiger partial charge in [0.1, 0.15) is 54.1 Å². The lowest BCUT2D eigenvalue weighted by molar-refractivity contribution is -0.199. The van der Waals surface area contributed by atoms with Crippen LogP contribution in [0, 0.1) is 0 Å². The van der Waals surface area contributed by atoms with Crippen LogP contribution in [0.25, 0.3) is 11.2 Å². The number of methoxy groups -OCH3 is 2. The largest absolute Gasteiger partial charge is 0.497 e. The van der Waals surface area contributed by atoms with Crippen molar-refractivity contribution < 1.29 is 38.0 Å². The van der Waals surface area contributed by atoms with Crippen LogP contribution in [0.2, 0.25) is 0 Å². The molecule has 1 aromatic carbocycles. The smallest absolute Gasteiger partial charge is 0.407 e. The van der Waals surface area contributed by atoms with E-state index in [1.54, 1.807) is 29.8 Å². The second-order valence-corrected chi connectivity index (χ2v) is 10.3. The van der Waals surface area contributed by atoms with E-state index in [0.717, 1.165) is 16.3 Å². The van der Waals surface area contributed by atoms with Gasteiger partial charge < -0.3 is 33.7 Å². The molecule has 0 spiro atoms. The van der Waals surface area contributed by atoms with Crippen molar-refractivity contribution >= 4 is 35.0 Å². The Kier molecular flexibility index (Phi) is 7.88. The summed E-state index contributed by atoms with van der Waals surface area (Å²) in [6.07, 6.45) is 0.0691. The Labute approximate surface area is 228 Å². The van der Waals surface area contributed by atoms with Crippen LogP contribution in [-0.2, 0) is 34.2 Å². The first-order valence-electron chi connectivity index (χ1n) is 12.2. The number of carbonyl (C=O) groups is 2. The fourth-order valence-corrected chi connectivity index (χ4v) is 5.34. The molecular weight excluding hydrogens is 530 g/mol. The zero-order chi connectivity index (χ0) is 27.6. The normalized spacial score (nSPS) is 23.4. The summed E-state index contributed by atoms with van der Waals surface area (Å²) in [5, 5.41) is 3.06. The highest BCUT2D eigenvalue weighted by molar-refractivity contribution is 7.98. The predicted octanol–water partition coefficient (Wildman–Crippen LogP) is 2.44. The third-order valence-corrected chi connectivity index (χ3v) is 7.29. The van der Waals surface area contributed by atoms with Crippen LogP contribution in [0.4, 0.5) is 4.79 Å². The number of ether oxygens (including phenoxy) is 6. The van der Waals surface area contributed by atoms with Gasteiger partial charge in [-0.1, -0.05) is 23.9 Å². The number of benzene rings is 1. The number of nitrogens with one attached hydrogen (secondary N) is 1. The van der Waals surface area contributed by atoms with Crippen LogP contribution in [0.1, 0.15) is 25.6 Å². The summed E-state index contributed by atoms with van der Waals surface area (Å²) in [7, 11) is 2.87. The van der Waals surface area contributed by atoms with Gasteiger partial charge in [0.25, 0.3) is 0 Å². The number of carbonyl (C=O) groups excluding carboxylic acids is 2. The molecule has 2 unspecified atom stereocenters. The van der Waals surface area contributed by atoms with Crippen LogP contribution in [0.5, 0.6) is 5.75 Å². The number of aromatic nitrogens is 4. The second-order valence-electron chi connectivity index (χ2n) is 9.30. The monoisotopic (exact) mass is 559 g/mol. The molecule has 13 nitrogen and oxygen atoms in total. The Morgan fingerprint density at radius 3 is 2.62 bits per heavy atom. The molecular formula is C25H29N5O8S. The summed E-state index contributed by atoms with van der Waals surface area (Å²) in [5.74, 6) is 0.0338. The highest BCUT2D eigenvalue weighted by Crippen LogP contribution is 2.44. The molecule has 2 aliphatic rings. The van der Waals surface area contributed by atoms with Crippen LogP contribution >= 0.6 is 11.8 Å². The van der Waals surface area contributed by atoms with Gasteiger partial charge in [0.15, 0.2) is 17.7 Å². The molecule has 3 aromatic rings. The van der Waals surface area contributed by atoms with Gasteiger partial charge in [0.05, 0.1) is 20.5 Å². The third kappa shape index (κ3) is 5.93. The van der Waals surface area contributed by atoms with Crippen molar-refractivity contribution in [1.29, 1.82) is 0 Å². The zero-order valence-corrected chi connectivity index (χ0v) is 22.7. The van der Waals surface area contributed by atoms with E-state index >= 15 is 0 Å². The van der Waals surface area contributed by atoms with Gasteiger partial charge in [-0.2, -0.15) is 0 Å². The maximum absolute atomic E-state index is 12.0. The number of rotatable bonds is 9. The predicted molar refractivity (Wildman–Crippen MR) is 137 cm³/mol. The molecule has 1 amide bonds. The number of esters is 1. The van der Waals surface area contributed by atoms with Gasteiger partial charge >= 0.3 is 12.1 Å². The number of thioether (sulfide) groups is 1. The van der Waals surface area contributed by atoms with Crippen molar-refractivity contribution in [3.05, 3.63) is 42.5 Å². The van der Waals surface area contributed by atoms with Crippen molar-refractivity contribution in [3.63, 3.8) is 0 Å². The minimum atomic E-state index is -0.868. The lowest BCUT2D eigenvalue weighted by Gasteiger charge is -2.24. The lowest BCUT2D eigenvalue weighted by Crippen LogP contribution is -2.37. The van der Waals surface area contributed by atoms with Crippen molar-refractivity contribution in [2.24, 2.45) is 0 Å². The molecule has 208 valence electrons. The Hall–Kier alpha value is -3.46. The standard InChI is InChI=1S/C25H29N5O8S/c1-25(2)37-19-16(10-35-24(32)26-9-17(31)34-4)36-23(20(19)38-25)30-13-29-18-21(30)27-12-28-22(18)39-11-14-5-7-15(33-3)8-6-14/h5-8,12-13,16,19-20,23H,9-11H2,1-4H3,(H,26,32)/t16-,19?,20?,23-/m1/s1. The summed E-state index contributed by atoms with van der Waals surface area (Å²) in [4.78, 5) is 36.8.